The lowest BCUT2D eigenvalue weighted by Gasteiger charge is -2.49. The van der Waals surface area contributed by atoms with E-state index in [1.807, 2.05) is 23.7 Å². The van der Waals surface area contributed by atoms with E-state index in [9.17, 15) is 24.3 Å². The summed E-state index contributed by atoms with van der Waals surface area (Å²) in [6.45, 7) is 2.77. The number of anilines is 2. The van der Waals surface area contributed by atoms with Gasteiger partial charge in [-0.1, -0.05) is 28.1 Å². The van der Waals surface area contributed by atoms with Crippen molar-refractivity contribution >= 4 is 86.4 Å². The third kappa shape index (κ3) is 6.30. The summed E-state index contributed by atoms with van der Waals surface area (Å²) in [6, 6.07) is 2.58. The fourth-order valence-electron chi connectivity index (χ4n) is 4.98. The molecule has 8 N–H and O–H groups in total. The number of nitrogen functional groups attached to an aromatic ring is 2. The summed E-state index contributed by atoms with van der Waals surface area (Å²) in [5, 5.41) is 27.9. The summed E-state index contributed by atoms with van der Waals surface area (Å²) < 4.78 is 3.67. The molecule has 244 valence electrons. The molecule has 0 bridgehead atoms. The number of carbonyl (C=O) groups is 4. The van der Waals surface area contributed by atoms with Gasteiger partial charge in [-0.25, -0.2) is 19.1 Å². The number of nitrogens with zero attached hydrogens (tertiary/aromatic N) is 6. The Morgan fingerprint density at radius 3 is 2.72 bits per heavy atom. The number of hydrogen-bond donors (Lipinski definition) is 6. The molecule has 1 fully saturated rings. The van der Waals surface area contributed by atoms with Gasteiger partial charge in [-0.2, -0.15) is 0 Å². The standard InChI is InChI=1S/C26H29ClN10O7S2/c1-11(23(40)41)44-34-15(14-18(27)46-26(29)32-14)20(38)31-16-21(39)37-17(24(42)43)12(10-45-22(16)37)9-35-7-3-5-13-19(35)33-25(28)36(13)8-4-6-30-2/h3,5,7,11,16,22,28,30H,4,6,8-10H2,1-2H3,(H5,29,31,32,38,40,41,42,43)/p+1/t11-,16+,22?/m0/s1. The summed E-state index contributed by atoms with van der Waals surface area (Å²) in [5.41, 5.74) is 12.9. The Hall–Kier alpha value is -4.46. The highest BCUT2D eigenvalue weighted by molar-refractivity contribution is 8.00. The number of imidazole rings is 1. The van der Waals surface area contributed by atoms with Gasteiger partial charge >= 0.3 is 23.5 Å². The second-order valence-corrected chi connectivity index (χ2v) is 13.0. The van der Waals surface area contributed by atoms with E-state index in [2.05, 4.69) is 25.8 Å². The Bertz CT molecular complexity index is 1790. The average Bonchev–Trinajstić information content (AvgIpc) is 3.52. The van der Waals surface area contributed by atoms with Crippen molar-refractivity contribution < 1.29 is 38.8 Å². The first-order valence-electron chi connectivity index (χ1n) is 13.8. The molecular weight excluding hydrogens is 664 g/mol. The molecule has 0 aromatic carbocycles. The van der Waals surface area contributed by atoms with E-state index in [1.165, 1.54) is 18.7 Å². The number of oxime groups is 1. The Morgan fingerprint density at radius 2 is 2.07 bits per heavy atom. The minimum Gasteiger partial charge on any atom is -0.478 e. The van der Waals surface area contributed by atoms with Crippen LogP contribution >= 0.6 is 34.7 Å². The van der Waals surface area contributed by atoms with Crippen LogP contribution in [0.3, 0.4) is 0 Å². The van der Waals surface area contributed by atoms with Crippen LogP contribution < -0.4 is 26.7 Å². The molecule has 3 aromatic rings. The van der Waals surface area contributed by atoms with Gasteiger partial charge in [-0.3, -0.25) is 19.1 Å². The summed E-state index contributed by atoms with van der Waals surface area (Å²) in [6.07, 6.45) is 1.18. The SMILES string of the molecule is CNCCCn1c(N)nc2c1ccc[n+]2CC1=C(C(=O)O)N2C(=O)[C@@H](NC(=O)C(=NO[C@@H](C)C(=O)O)c3nc(N)sc3Cl)C2SC1. The molecule has 3 aromatic heterocycles. The Morgan fingerprint density at radius 1 is 1.30 bits per heavy atom. The van der Waals surface area contributed by atoms with Crippen LogP contribution in [0.1, 0.15) is 19.0 Å². The topological polar surface area (TPSA) is 244 Å². The maximum atomic E-state index is 13.4. The van der Waals surface area contributed by atoms with E-state index in [4.69, 9.17) is 33.0 Å². The van der Waals surface area contributed by atoms with Crippen LogP contribution in [0.15, 0.2) is 34.8 Å². The third-order valence-electron chi connectivity index (χ3n) is 7.21. The minimum absolute atomic E-state index is 0.00982. The van der Waals surface area contributed by atoms with Crippen molar-refractivity contribution in [3.8, 4) is 0 Å². The summed E-state index contributed by atoms with van der Waals surface area (Å²) >= 11 is 8.30. The maximum absolute atomic E-state index is 13.4. The van der Waals surface area contributed by atoms with Gasteiger partial charge in [0, 0.05) is 17.9 Å². The number of carbonyl (C=O) groups excluding carboxylic acids is 2. The predicted octanol–water partition coefficient (Wildman–Crippen LogP) is -0.160. The number of aliphatic carboxylic acids is 2. The molecule has 2 aliphatic rings. The Kier molecular flexibility index (Phi) is 9.66. The molecular formula is C26H30ClN10O7S2+. The smallest absolute Gasteiger partial charge is 0.352 e. The molecule has 5 rings (SSSR count). The van der Waals surface area contributed by atoms with E-state index >= 15 is 0 Å². The van der Waals surface area contributed by atoms with E-state index in [1.54, 1.807) is 10.8 Å². The highest BCUT2D eigenvalue weighted by Crippen LogP contribution is 2.40. The van der Waals surface area contributed by atoms with Crippen molar-refractivity contribution in [1.29, 1.82) is 0 Å². The molecule has 0 saturated carbocycles. The molecule has 20 heteroatoms. The van der Waals surface area contributed by atoms with Gasteiger partial charge in [-0.15, -0.1) is 11.8 Å². The highest BCUT2D eigenvalue weighted by Gasteiger charge is 2.54. The summed E-state index contributed by atoms with van der Waals surface area (Å²) in [7, 11) is 1.87. The summed E-state index contributed by atoms with van der Waals surface area (Å²) in [5.74, 6) is -3.68. The predicted molar refractivity (Wildman–Crippen MR) is 169 cm³/mol. The van der Waals surface area contributed by atoms with E-state index in [-0.39, 0.29) is 33.2 Å². The number of pyridine rings is 1. The lowest BCUT2D eigenvalue weighted by Crippen LogP contribution is -2.71. The number of hydrogen-bond acceptors (Lipinski definition) is 13. The normalized spacial score (nSPS) is 18.7. The number of β-lactam (4-membered cyclic amide) rings is 1. The third-order valence-corrected chi connectivity index (χ3v) is 9.63. The number of thioether (sulfide) groups is 1. The van der Waals surface area contributed by atoms with Crippen LogP contribution in [0, 0.1) is 0 Å². The van der Waals surface area contributed by atoms with Gasteiger partial charge in [-0.05, 0) is 44.1 Å². The maximum Gasteiger partial charge on any atom is 0.352 e. The zero-order valence-electron chi connectivity index (χ0n) is 24.5. The number of aromatic nitrogens is 4. The molecule has 0 aliphatic carbocycles. The van der Waals surface area contributed by atoms with Crippen LogP contribution in [0.4, 0.5) is 11.1 Å². The minimum atomic E-state index is -1.42. The number of halogens is 1. The van der Waals surface area contributed by atoms with E-state index in [0.717, 1.165) is 34.7 Å². The number of rotatable bonds is 13. The molecule has 1 unspecified atom stereocenters. The van der Waals surface area contributed by atoms with Crippen molar-refractivity contribution in [3.63, 3.8) is 0 Å². The fraction of sp³-hybridized carbons (Fsp3) is 0.385. The van der Waals surface area contributed by atoms with Crippen LogP contribution in [0.2, 0.25) is 4.34 Å². The van der Waals surface area contributed by atoms with Gasteiger partial charge in [0.2, 0.25) is 6.10 Å². The summed E-state index contributed by atoms with van der Waals surface area (Å²) in [4.78, 5) is 65.0. The van der Waals surface area contributed by atoms with Gasteiger partial charge < -0.3 is 37.2 Å². The van der Waals surface area contributed by atoms with Crippen molar-refractivity contribution in [3.05, 3.63) is 39.6 Å². The van der Waals surface area contributed by atoms with Gasteiger partial charge in [0.1, 0.15) is 39.2 Å². The molecule has 1 saturated heterocycles. The number of carboxylic acids is 2. The Balaban J connectivity index is 1.38. The largest absolute Gasteiger partial charge is 0.478 e. The fourth-order valence-corrected chi connectivity index (χ4v) is 7.25. The van der Waals surface area contributed by atoms with Crippen molar-refractivity contribution in [2.75, 3.05) is 30.8 Å². The zero-order valence-corrected chi connectivity index (χ0v) is 26.9. The van der Waals surface area contributed by atoms with Crippen LogP contribution in [0.5, 0.6) is 0 Å². The van der Waals surface area contributed by atoms with Crippen LogP contribution in [0.25, 0.3) is 11.2 Å². The first-order chi connectivity index (χ1) is 21.9. The molecule has 5 heterocycles. The van der Waals surface area contributed by atoms with Crippen LogP contribution in [-0.4, -0.2) is 96.0 Å². The number of nitrogens with two attached hydrogens (primary N) is 2. The Labute approximate surface area is 274 Å². The van der Waals surface area contributed by atoms with Gasteiger partial charge in [0.25, 0.3) is 11.8 Å². The molecule has 17 nitrogen and oxygen atoms in total. The second-order valence-electron chi connectivity index (χ2n) is 10.2. The molecule has 2 aliphatic heterocycles. The molecule has 46 heavy (non-hydrogen) atoms. The zero-order chi connectivity index (χ0) is 33.3. The van der Waals surface area contributed by atoms with E-state index in [0.29, 0.717) is 23.7 Å². The van der Waals surface area contributed by atoms with Gasteiger partial charge in [0.15, 0.2) is 10.8 Å². The van der Waals surface area contributed by atoms with Crippen molar-refractivity contribution in [2.45, 2.75) is 44.0 Å². The molecule has 0 radical (unpaired) electrons. The number of thiazole rings is 1. The molecule has 2 amide bonds. The van der Waals surface area contributed by atoms with Gasteiger partial charge in [0.05, 0.1) is 6.20 Å². The molecule has 0 spiro atoms. The first-order valence-corrected chi connectivity index (χ1v) is 16.1. The molecule has 3 atom stereocenters. The lowest BCUT2D eigenvalue weighted by molar-refractivity contribution is -0.664. The number of aryl methyl sites for hydroxylation is 1. The van der Waals surface area contributed by atoms with Crippen molar-refractivity contribution in [2.24, 2.45) is 5.16 Å². The lowest BCUT2D eigenvalue weighted by atomic mass is 10.0. The first kappa shape index (κ1) is 32.9. The highest BCUT2D eigenvalue weighted by atomic mass is 35.5. The number of fused-ring (bicyclic) bond motifs is 2. The number of amides is 2. The second kappa shape index (κ2) is 13.5. The number of carboxylic acid groups (broad SMARTS) is 2. The van der Waals surface area contributed by atoms with Crippen molar-refractivity contribution in [1.82, 2.24) is 30.1 Å². The van der Waals surface area contributed by atoms with E-state index < -0.39 is 47.0 Å². The monoisotopic (exact) mass is 693 g/mol. The quantitative estimate of drug-likeness (QED) is 0.0449. The van der Waals surface area contributed by atoms with Crippen LogP contribution in [-0.2, 0) is 37.1 Å². The number of nitrogens with one attached hydrogen (secondary N) is 2. The average molecular weight is 694 g/mol.